The third-order valence-corrected chi connectivity index (χ3v) is 2.81. The number of nitrogens with one attached hydrogen (secondary N) is 1. The summed E-state index contributed by atoms with van der Waals surface area (Å²) in [5.74, 6) is 0. The molecule has 2 saturated carbocycles. The van der Waals surface area contributed by atoms with Crippen molar-refractivity contribution in [2.45, 2.75) is 37.8 Å². The van der Waals surface area contributed by atoms with Crippen LogP contribution in [-0.4, -0.2) is 62.6 Å². The van der Waals surface area contributed by atoms with Crippen LogP contribution < -0.4 is 5.32 Å². The fraction of sp³-hybridized carbons (Fsp3) is 1.00. The Bertz CT molecular complexity index is 171. The van der Waals surface area contributed by atoms with Crippen LogP contribution in [0.2, 0.25) is 0 Å². The molecule has 3 aliphatic rings. The molecule has 0 aromatic rings. The Morgan fingerprint density at radius 3 is 1.94 bits per heavy atom. The Morgan fingerprint density at radius 2 is 1.76 bits per heavy atom. The SMILES string of the molecule is C1CO1.CN(CCO)C1CC1.CNC1CC1.Cl. The summed E-state index contributed by atoms with van der Waals surface area (Å²) in [4.78, 5) is 2.21. The van der Waals surface area contributed by atoms with Gasteiger partial charge in [0.25, 0.3) is 0 Å². The average Bonchev–Trinajstić information content (AvgIpc) is 3.21. The number of rotatable bonds is 4. The summed E-state index contributed by atoms with van der Waals surface area (Å²) < 4.78 is 4.50. The number of hydrogen-bond donors (Lipinski definition) is 2. The number of nitrogens with zero attached hydrogens (tertiary/aromatic N) is 1. The first kappa shape index (κ1) is 17.1. The van der Waals surface area contributed by atoms with Crippen molar-refractivity contribution in [3.05, 3.63) is 0 Å². The summed E-state index contributed by atoms with van der Waals surface area (Å²) in [7, 11) is 4.07. The van der Waals surface area contributed by atoms with Crippen molar-refractivity contribution in [3.8, 4) is 0 Å². The van der Waals surface area contributed by atoms with Crippen LogP contribution in [0.5, 0.6) is 0 Å². The van der Waals surface area contributed by atoms with Gasteiger partial charge in [0.05, 0.1) is 19.8 Å². The van der Waals surface area contributed by atoms with E-state index in [1.807, 2.05) is 7.05 Å². The summed E-state index contributed by atoms with van der Waals surface area (Å²) in [5.41, 5.74) is 0. The van der Waals surface area contributed by atoms with Crippen molar-refractivity contribution in [1.29, 1.82) is 0 Å². The topological polar surface area (TPSA) is 48.0 Å². The molecular weight excluding hydrogens is 240 g/mol. The number of aliphatic hydroxyl groups excluding tert-OH is 1. The second-order valence-electron chi connectivity index (χ2n) is 4.61. The minimum atomic E-state index is 0. The quantitative estimate of drug-likeness (QED) is 0.742. The fourth-order valence-electron chi connectivity index (χ4n) is 1.23. The lowest BCUT2D eigenvalue weighted by Crippen LogP contribution is -2.23. The third kappa shape index (κ3) is 12.4. The molecule has 3 rings (SSSR count). The van der Waals surface area contributed by atoms with E-state index in [1.165, 1.54) is 25.7 Å². The maximum Gasteiger partial charge on any atom is 0.0701 e. The van der Waals surface area contributed by atoms with Gasteiger partial charge in [0.1, 0.15) is 0 Å². The van der Waals surface area contributed by atoms with E-state index >= 15 is 0 Å². The maximum atomic E-state index is 8.47. The lowest BCUT2D eigenvalue weighted by Gasteiger charge is -2.12. The highest BCUT2D eigenvalue weighted by Gasteiger charge is 2.24. The molecule has 0 bridgehead atoms. The van der Waals surface area contributed by atoms with E-state index in [2.05, 4.69) is 22.0 Å². The number of hydrogen-bond acceptors (Lipinski definition) is 4. The van der Waals surface area contributed by atoms with Gasteiger partial charge in [-0.05, 0) is 39.8 Å². The van der Waals surface area contributed by atoms with E-state index in [1.54, 1.807) is 0 Å². The number of ether oxygens (including phenoxy) is 1. The van der Waals surface area contributed by atoms with E-state index in [0.717, 1.165) is 31.8 Å². The number of halogens is 1. The van der Waals surface area contributed by atoms with Crippen LogP contribution >= 0.6 is 12.4 Å². The van der Waals surface area contributed by atoms with Crippen LogP contribution in [0, 0.1) is 0 Å². The molecule has 0 amide bonds. The van der Waals surface area contributed by atoms with Crippen LogP contribution in [0.25, 0.3) is 0 Å². The highest BCUT2D eigenvalue weighted by molar-refractivity contribution is 5.85. The van der Waals surface area contributed by atoms with Crippen molar-refractivity contribution >= 4 is 12.4 Å². The first-order valence-electron chi connectivity index (χ1n) is 6.34. The van der Waals surface area contributed by atoms with Gasteiger partial charge in [0, 0.05) is 18.6 Å². The first-order chi connectivity index (χ1) is 7.77. The van der Waals surface area contributed by atoms with E-state index in [4.69, 9.17) is 5.11 Å². The molecule has 2 N–H and O–H groups in total. The standard InChI is InChI=1S/C6H13NO.C4H9N.C2H4O.ClH/c1-7(4-5-8)6-2-3-6;1-5-4-2-3-4;1-2-3-1;/h6,8H,2-5H2,1H3;4-5H,2-3H2,1H3;1-2H2;1H. The molecule has 4 nitrogen and oxygen atoms in total. The molecule has 0 aromatic carbocycles. The number of likely N-dealkylation sites (N-methyl/N-ethyl adjacent to an activating group) is 1. The minimum Gasteiger partial charge on any atom is -0.395 e. The zero-order chi connectivity index (χ0) is 11.8. The molecule has 5 heteroatoms. The zero-order valence-electron chi connectivity index (χ0n) is 11.0. The molecule has 17 heavy (non-hydrogen) atoms. The predicted molar refractivity (Wildman–Crippen MR) is 72.9 cm³/mol. The molecule has 1 heterocycles. The molecule has 0 atom stereocenters. The second-order valence-corrected chi connectivity index (χ2v) is 4.61. The first-order valence-corrected chi connectivity index (χ1v) is 6.34. The Kier molecular flexibility index (Phi) is 10.2. The molecular formula is C12H27ClN2O2. The van der Waals surface area contributed by atoms with E-state index in [9.17, 15) is 0 Å². The molecule has 0 spiro atoms. The van der Waals surface area contributed by atoms with Crippen LogP contribution in [0.1, 0.15) is 25.7 Å². The molecule has 1 aliphatic heterocycles. The van der Waals surface area contributed by atoms with Crippen LogP contribution in [0.3, 0.4) is 0 Å². The largest absolute Gasteiger partial charge is 0.395 e. The molecule has 0 unspecified atom stereocenters. The van der Waals surface area contributed by atoms with Gasteiger partial charge in [-0.3, -0.25) is 0 Å². The summed E-state index contributed by atoms with van der Waals surface area (Å²) in [6.07, 6.45) is 5.46. The minimum absolute atomic E-state index is 0. The normalized spacial score (nSPS) is 20.5. The molecule has 0 radical (unpaired) electrons. The highest BCUT2D eigenvalue weighted by atomic mass is 35.5. The van der Waals surface area contributed by atoms with Gasteiger partial charge in [-0.15, -0.1) is 12.4 Å². The van der Waals surface area contributed by atoms with E-state index in [-0.39, 0.29) is 12.4 Å². The lowest BCUT2D eigenvalue weighted by atomic mass is 10.5. The van der Waals surface area contributed by atoms with Gasteiger partial charge in [-0.1, -0.05) is 0 Å². The Morgan fingerprint density at radius 1 is 1.24 bits per heavy atom. The number of aliphatic hydroxyl groups is 1. The van der Waals surface area contributed by atoms with Crippen LogP contribution in [0.4, 0.5) is 0 Å². The molecule has 0 aromatic heterocycles. The third-order valence-electron chi connectivity index (χ3n) is 2.81. The smallest absolute Gasteiger partial charge is 0.0701 e. The Labute approximate surface area is 111 Å². The lowest BCUT2D eigenvalue weighted by molar-refractivity contribution is 0.216. The predicted octanol–water partition coefficient (Wildman–Crippen LogP) is 0.879. The Balaban J connectivity index is 0.000000243. The molecule has 104 valence electrons. The van der Waals surface area contributed by atoms with Crippen molar-refractivity contribution < 1.29 is 9.84 Å². The zero-order valence-corrected chi connectivity index (χ0v) is 11.8. The van der Waals surface area contributed by atoms with Crippen LogP contribution in [-0.2, 0) is 4.74 Å². The summed E-state index contributed by atoms with van der Waals surface area (Å²) >= 11 is 0. The van der Waals surface area contributed by atoms with Gasteiger partial charge < -0.3 is 20.1 Å². The van der Waals surface area contributed by atoms with E-state index in [0.29, 0.717) is 6.61 Å². The van der Waals surface area contributed by atoms with Gasteiger partial charge >= 0.3 is 0 Å². The van der Waals surface area contributed by atoms with Crippen molar-refractivity contribution in [2.75, 3.05) is 40.5 Å². The second kappa shape index (κ2) is 10.1. The van der Waals surface area contributed by atoms with Crippen molar-refractivity contribution in [3.63, 3.8) is 0 Å². The molecule has 2 aliphatic carbocycles. The van der Waals surface area contributed by atoms with Gasteiger partial charge in [-0.2, -0.15) is 0 Å². The molecule has 3 fully saturated rings. The average molecular weight is 267 g/mol. The van der Waals surface area contributed by atoms with Gasteiger partial charge in [0.15, 0.2) is 0 Å². The van der Waals surface area contributed by atoms with E-state index < -0.39 is 0 Å². The maximum absolute atomic E-state index is 8.47. The van der Waals surface area contributed by atoms with Crippen molar-refractivity contribution in [1.82, 2.24) is 10.2 Å². The van der Waals surface area contributed by atoms with Crippen molar-refractivity contribution in [2.24, 2.45) is 0 Å². The summed E-state index contributed by atoms with van der Waals surface area (Å²) in [6.45, 7) is 3.14. The Hall–Kier alpha value is 0.130. The fourth-order valence-corrected chi connectivity index (χ4v) is 1.23. The van der Waals surface area contributed by atoms with Gasteiger partial charge in [-0.25, -0.2) is 0 Å². The van der Waals surface area contributed by atoms with Gasteiger partial charge in [0.2, 0.25) is 0 Å². The highest BCUT2D eigenvalue weighted by Crippen LogP contribution is 2.24. The summed E-state index contributed by atoms with van der Waals surface area (Å²) in [6, 6.07) is 1.68. The molecule has 1 saturated heterocycles. The summed E-state index contributed by atoms with van der Waals surface area (Å²) in [5, 5.41) is 11.6. The monoisotopic (exact) mass is 266 g/mol. The number of epoxide rings is 1. The van der Waals surface area contributed by atoms with Crippen LogP contribution in [0.15, 0.2) is 0 Å².